The maximum Gasteiger partial charge on any atom is 0.256 e. The molecule has 2 unspecified atom stereocenters. The van der Waals surface area contributed by atoms with Crippen LogP contribution in [0.4, 0.5) is 5.69 Å². The Morgan fingerprint density at radius 3 is 2.28 bits per heavy atom. The molecule has 2 atom stereocenters. The number of amides is 1. The summed E-state index contributed by atoms with van der Waals surface area (Å²) in [6.07, 6.45) is -0.646. The number of hydrogen-bond donors (Lipinski definition) is 0. The molecule has 0 spiro atoms. The number of carbonyl (C=O) groups excluding carboxylic acids is 1. The highest BCUT2D eigenvalue weighted by atomic mass is 35.5. The van der Waals surface area contributed by atoms with Crippen molar-refractivity contribution in [2.75, 3.05) is 31.6 Å². The Balaban J connectivity index is 1.65. The topological polar surface area (TPSA) is 32.8 Å². The molecule has 1 fully saturated rings. The van der Waals surface area contributed by atoms with Crippen molar-refractivity contribution in [1.82, 2.24) is 4.90 Å². The summed E-state index contributed by atoms with van der Waals surface area (Å²) in [6, 6.07) is 22.7. The Morgan fingerprint density at radius 2 is 1.62 bits per heavy atom. The molecular formula is C25H23Cl3N2O2. The van der Waals surface area contributed by atoms with E-state index in [1.807, 2.05) is 71.6 Å². The van der Waals surface area contributed by atoms with E-state index in [4.69, 9.17) is 39.5 Å². The second-order valence-corrected chi connectivity index (χ2v) is 8.95. The summed E-state index contributed by atoms with van der Waals surface area (Å²) in [7, 11) is 1.57. The summed E-state index contributed by atoms with van der Waals surface area (Å²) in [5.74, 6) is -0.0560. The van der Waals surface area contributed by atoms with Crippen LogP contribution in [0, 0.1) is 0 Å². The van der Waals surface area contributed by atoms with Gasteiger partial charge in [0.2, 0.25) is 0 Å². The van der Waals surface area contributed by atoms with Crippen molar-refractivity contribution in [3.63, 3.8) is 0 Å². The maximum absolute atomic E-state index is 13.4. The van der Waals surface area contributed by atoms with Gasteiger partial charge in [0.25, 0.3) is 5.91 Å². The van der Waals surface area contributed by atoms with Gasteiger partial charge in [-0.2, -0.15) is 0 Å². The van der Waals surface area contributed by atoms with Crippen LogP contribution in [0.1, 0.15) is 23.3 Å². The first-order valence-corrected chi connectivity index (χ1v) is 11.4. The number of halogens is 3. The first-order chi connectivity index (χ1) is 15.5. The van der Waals surface area contributed by atoms with Crippen molar-refractivity contribution in [1.29, 1.82) is 0 Å². The van der Waals surface area contributed by atoms with Crippen molar-refractivity contribution in [2.24, 2.45) is 0 Å². The van der Waals surface area contributed by atoms with Crippen LogP contribution in [0.25, 0.3) is 0 Å². The lowest BCUT2D eigenvalue weighted by Gasteiger charge is -2.44. The van der Waals surface area contributed by atoms with Gasteiger partial charge in [0, 0.05) is 36.8 Å². The average Bonchev–Trinajstić information content (AvgIpc) is 2.80. The molecule has 0 aromatic heterocycles. The fourth-order valence-corrected chi connectivity index (χ4v) is 4.77. The summed E-state index contributed by atoms with van der Waals surface area (Å²) < 4.78 is 5.59. The van der Waals surface area contributed by atoms with Gasteiger partial charge in [0.15, 0.2) is 6.10 Å². The second-order valence-electron chi connectivity index (χ2n) is 7.67. The van der Waals surface area contributed by atoms with Gasteiger partial charge in [-0.3, -0.25) is 4.79 Å². The minimum absolute atomic E-state index is 0.0560. The van der Waals surface area contributed by atoms with Crippen LogP contribution in [-0.4, -0.2) is 37.6 Å². The van der Waals surface area contributed by atoms with Gasteiger partial charge in [0.1, 0.15) is 0 Å². The smallest absolute Gasteiger partial charge is 0.256 e. The molecule has 1 aliphatic rings. The molecule has 0 N–H and O–H groups in total. The highest BCUT2D eigenvalue weighted by Crippen LogP contribution is 2.37. The summed E-state index contributed by atoms with van der Waals surface area (Å²) >= 11 is 18.8. The van der Waals surface area contributed by atoms with E-state index in [1.165, 1.54) is 0 Å². The van der Waals surface area contributed by atoms with Crippen LogP contribution in [0.5, 0.6) is 0 Å². The van der Waals surface area contributed by atoms with Crippen LogP contribution >= 0.6 is 34.8 Å². The van der Waals surface area contributed by atoms with Crippen LogP contribution in [0.2, 0.25) is 15.1 Å². The molecule has 1 heterocycles. The number of ether oxygens (including phenoxy) is 1. The van der Waals surface area contributed by atoms with E-state index in [0.717, 1.165) is 16.8 Å². The predicted molar refractivity (Wildman–Crippen MR) is 131 cm³/mol. The van der Waals surface area contributed by atoms with Crippen LogP contribution < -0.4 is 4.90 Å². The number of nitrogens with zero attached hydrogens (tertiary/aromatic N) is 2. The molecule has 0 radical (unpaired) electrons. The van der Waals surface area contributed by atoms with E-state index in [1.54, 1.807) is 13.2 Å². The average molecular weight is 490 g/mol. The van der Waals surface area contributed by atoms with Gasteiger partial charge >= 0.3 is 0 Å². The van der Waals surface area contributed by atoms with E-state index in [9.17, 15) is 4.79 Å². The lowest BCUT2D eigenvalue weighted by molar-refractivity contribution is -0.143. The number of carbonyl (C=O) groups is 1. The Labute approximate surface area is 203 Å². The molecule has 4 nitrogen and oxygen atoms in total. The highest BCUT2D eigenvalue weighted by Gasteiger charge is 2.35. The van der Waals surface area contributed by atoms with Crippen molar-refractivity contribution < 1.29 is 9.53 Å². The minimum atomic E-state index is -0.646. The molecule has 0 aliphatic carbocycles. The molecule has 1 amide bonds. The quantitative estimate of drug-likeness (QED) is 0.414. The third kappa shape index (κ3) is 4.89. The van der Waals surface area contributed by atoms with Crippen LogP contribution in [0.15, 0.2) is 72.8 Å². The van der Waals surface area contributed by atoms with Crippen LogP contribution in [0.3, 0.4) is 0 Å². The monoisotopic (exact) mass is 488 g/mol. The molecule has 1 aliphatic heterocycles. The number of piperazine rings is 1. The number of anilines is 1. The van der Waals surface area contributed by atoms with Crippen molar-refractivity contribution in [2.45, 2.75) is 12.1 Å². The summed E-state index contributed by atoms with van der Waals surface area (Å²) in [4.78, 5) is 17.5. The van der Waals surface area contributed by atoms with Gasteiger partial charge in [-0.25, -0.2) is 0 Å². The molecule has 4 rings (SSSR count). The molecule has 32 heavy (non-hydrogen) atoms. The lowest BCUT2D eigenvalue weighted by Crippen LogP contribution is -2.52. The molecule has 3 aromatic carbocycles. The van der Waals surface area contributed by atoms with Gasteiger partial charge in [-0.15, -0.1) is 0 Å². The number of hydrogen-bond acceptors (Lipinski definition) is 3. The van der Waals surface area contributed by atoms with Gasteiger partial charge in [0.05, 0.1) is 16.8 Å². The molecule has 166 valence electrons. The molecule has 3 aromatic rings. The minimum Gasteiger partial charge on any atom is -0.367 e. The summed E-state index contributed by atoms with van der Waals surface area (Å²) in [6.45, 7) is 1.66. The number of benzene rings is 3. The zero-order valence-electron chi connectivity index (χ0n) is 17.5. The fraction of sp³-hybridized carbons (Fsp3) is 0.240. The Kier molecular flexibility index (Phi) is 7.27. The summed E-state index contributed by atoms with van der Waals surface area (Å²) in [5.41, 5.74) is 2.77. The Hall–Kier alpha value is -2.24. The molecule has 1 saturated heterocycles. The fourth-order valence-electron chi connectivity index (χ4n) is 4.13. The second kappa shape index (κ2) is 10.1. The maximum atomic E-state index is 13.4. The van der Waals surface area contributed by atoms with Gasteiger partial charge < -0.3 is 14.5 Å². The van der Waals surface area contributed by atoms with E-state index < -0.39 is 6.10 Å². The SMILES string of the molecule is COC(C(=O)N1CCN(c2ccc(Cl)cc2Cl)C(c2ccc(Cl)cc2)C1)c1ccccc1. The van der Waals surface area contributed by atoms with Crippen molar-refractivity contribution in [3.05, 3.63) is 99.0 Å². The predicted octanol–water partition coefficient (Wildman–Crippen LogP) is 6.42. The van der Waals surface area contributed by atoms with E-state index >= 15 is 0 Å². The molecule has 0 bridgehead atoms. The lowest BCUT2D eigenvalue weighted by atomic mass is 10.00. The van der Waals surface area contributed by atoms with E-state index in [-0.39, 0.29) is 11.9 Å². The zero-order chi connectivity index (χ0) is 22.7. The molecular weight excluding hydrogens is 467 g/mol. The van der Waals surface area contributed by atoms with E-state index in [0.29, 0.717) is 34.7 Å². The normalized spacial score (nSPS) is 17.3. The highest BCUT2D eigenvalue weighted by molar-refractivity contribution is 6.36. The first-order valence-electron chi connectivity index (χ1n) is 10.3. The number of methoxy groups -OCH3 is 1. The van der Waals surface area contributed by atoms with Crippen molar-refractivity contribution in [3.8, 4) is 0 Å². The van der Waals surface area contributed by atoms with Gasteiger partial charge in [-0.1, -0.05) is 77.3 Å². The Bertz CT molecular complexity index is 1080. The zero-order valence-corrected chi connectivity index (χ0v) is 19.8. The van der Waals surface area contributed by atoms with Crippen LogP contribution in [-0.2, 0) is 9.53 Å². The first kappa shape index (κ1) is 22.9. The largest absolute Gasteiger partial charge is 0.367 e. The number of rotatable bonds is 5. The molecule has 7 heteroatoms. The van der Waals surface area contributed by atoms with E-state index in [2.05, 4.69) is 4.90 Å². The Morgan fingerprint density at radius 1 is 0.938 bits per heavy atom. The van der Waals surface area contributed by atoms with Crippen molar-refractivity contribution >= 4 is 46.4 Å². The molecule has 0 saturated carbocycles. The standard InChI is InChI=1S/C25H23Cl3N2O2/c1-32-24(18-5-3-2-4-6-18)25(31)29-13-14-30(22-12-11-20(27)15-21(22)28)23(16-29)17-7-9-19(26)10-8-17/h2-12,15,23-24H,13-14,16H2,1H3. The van der Waals surface area contributed by atoms with Gasteiger partial charge in [-0.05, 0) is 41.5 Å². The summed E-state index contributed by atoms with van der Waals surface area (Å²) in [5, 5.41) is 1.83. The third-order valence-electron chi connectivity index (χ3n) is 5.73. The third-order valence-corrected chi connectivity index (χ3v) is 6.52.